The first-order chi connectivity index (χ1) is 11.1. The smallest absolute Gasteiger partial charge is 0.239 e. The van der Waals surface area contributed by atoms with Gasteiger partial charge in [-0.25, -0.2) is 8.42 Å². The Morgan fingerprint density at radius 3 is 2.78 bits per heavy atom. The molecule has 2 aliphatic heterocycles. The normalized spacial score (nSPS) is 26.3. The molecule has 2 heterocycles. The topological polar surface area (TPSA) is 40.6 Å². The Labute approximate surface area is 138 Å². The van der Waals surface area contributed by atoms with E-state index in [9.17, 15) is 8.42 Å². The molecule has 0 aromatic heterocycles. The van der Waals surface area contributed by atoms with Gasteiger partial charge in [0.2, 0.25) is 10.0 Å². The summed E-state index contributed by atoms with van der Waals surface area (Å²) in [4.78, 5) is 3.07. The van der Waals surface area contributed by atoms with E-state index in [-0.39, 0.29) is 0 Å². The van der Waals surface area contributed by atoms with Crippen LogP contribution in [0.2, 0.25) is 0 Å². The number of allylic oxidation sites excluding steroid dienone is 1. The van der Waals surface area contributed by atoms with Gasteiger partial charge in [0.15, 0.2) is 0 Å². The summed E-state index contributed by atoms with van der Waals surface area (Å²) in [7, 11) is -3.31. The van der Waals surface area contributed by atoms with Crippen LogP contribution in [0.4, 0.5) is 0 Å². The predicted octanol–water partition coefficient (Wildman–Crippen LogP) is 2.47. The van der Waals surface area contributed by atoms with Crippen molar-refractivity contribution in [2.75, 3.05) is 26.2 Å². The summed E-state index contributed by atoms with van der Waals surface area (Å²) in [6, 6.07) is 8.53. The number of rotatable bonds is 2. The van der Waals surface area contributed by atoms with Crippen LogP contribution < -0.4 is 0 Å². The number of hydrogen-bond donors (Lipinski definition) is 0. The number of aryl methyl sites for hydroxylation is 1. The van der Waals surface area contributed by atoms with Crippen molar-refractivity contribution in [1.82, 2.24) is 9.21 Å². The lowest BCUT2D eigenvalue weighted by atomic mass is 9.98. The summed E-state index contributed by atoms with van der Waals surface area (Å²) in [5, 5.41) is 0. The van der Waals surface area contributed by atoms with Crippen molar-refractivity contribution >= 4 is 16.1 Å². The van der Waals surface area contributed by atoms with E-state index in [2.05, 4.69) is 11.0 Å². The van der Waals surface area contributed by atoms with E-state index in [4.69, 9.17) is 0 Å². The molecule has 1 aliphatic carbocycles. The van der Waals surface area contributed by atoms with Gasteiger partial charge in [0.05, 0.1) is 4.91 Å². The number of sulfonamides is 1. The van der Waals surface area contributed by atoms with Gasteiger partial charge in [-0.15, -0.1) is 0 Å². The highest BCUT2D eigenvalue weighted by Gasteiger charge is 2.36. The summed E-state index contributed by atoms with van der Waals surface area (Å²) in [6.45, 7) is 3.32. The van der Waals surface area contributed by atoms with Crippen LogP contribution in [-0.4, -0.2) is 49.8 Å². The largest absolute Gasteiger partial charge is 0.298 e. The third-order valence-corrected chi connectivity index (χ3v) is 7.48. The summed E-state index contributed by atoms with van der Waals surface area (Å²) in [6.07, 6.45) is 6.96. The minimum atomic E-state index is -3.31. The van der Waals surface area contributed by atoms with Crippen LogP contribution in [0.25, 0.3) is 6.08 Å². The Bertz CT molecular complexity index is 726. The zero-order valence-electron chi connectivity index (χ0n) is 13.4. The fourth-order valence-corrected chi connectivity index (χ4v) is 5.78. The first-order valence-electron chi connectivity index (χ1n) is 8.67. The first-order valence-corrected chi connectivity index (χ1v) is 10.1. The van der Waals surface area contributed by atoms with Crippen molar-refractivity contribution < 1.29 is 8.42 Å². The third-order valence-electron chi connectivity index (χ3n) is 5.48. The Hall–Kier alpha value is -1.17. The molecule has 0 N–H and O–H groups in total. The van der Waals surface area contributed by atoms with Crippen molar-refractivity contribution in [3.8, 4) is 0 Å². The van der Waals surface area contributed by atoms with Gasteiger partial charge in [0, 0.05) is 25.7 Å². The molecule has 4 nitrogen and oxygen atoms in total. The van der Waals surface area contributed by atoms with Crippen LogP contribution >= 0.6 is 0 Å². The van der Waals surface area contributed by atoms with E-state index in [0.29, 0.717) is 30.5 Å². The van der Waals surface area contributed by atoms with Crippen molar-refractivity contribution in [2.24, 2.45) is 0 Å². The molecular formula is C18H24N2O2S. The number of nitrogens with zero attached hydrogens (tertiary/aromatic N) is 2. The maximum atomic E-state index is 13.1. The molecule has 1 aromatic carbocycles. The van der Waals surface area contributed by atoms with Crippen molar-refractivity contribution in [2.45, 2.75) is 38.1 Å². The molecular weight excluding hydrogens is 308 g/mol. The molecule has 5 heteroatoms. The average molecular weight is 332 g/mol. The second-order valence-corrected chi connectivity index (χ2v) is 8.85. The number of fused-ring (bicyclic) bond motifs is 2. The van der Waals surface area contributed by atoms with Gasteiger partial charge in [0.1, 0.15) is 0 Å². The summed E-state index contributed by atoms with van der Waals surface area (Å²) >= 11 is 0. The second kappa shape index (κ2) is 6.04. The van der Waals surface area contributed by atoms with Crippen LogP contribution in [0.1, 0.15) is 36.8 Å². The Balaban J connectivity index is 1.58. The molecule has 1 atom stereocenters. The van der Waals surface area contributed by atoms with E-state index in [1.807, 2.05) is 24.3 Å². The standard InChI is InChI=1S/C18H24N2O2S/c21-23(22,18-9-8-15-5-1-2-6-16(15)13-18)20-12-11-19-10-4-3-7-17(19)14-20/h1-2,5-6,13,17H,3-4,7-12,14H2/t17-/m0/s1. The lowest BCUT2D eigenvalue weighted by Crippen LogP contribution is -2.56. The summed E-state index contributed by atoms with van der Waals surface area (Å²) in [5.41, 5.74) is 2.32. The molecule has 4 rings (SSSR count). The number of piperidine rings is 1. The Kier molecular flexibility index (Phi) is 4.03. The molecule has 2 saturated heterocycles. The highest BCUT2D eigenvalue weighted by molar-refractivity contribution is 7.93. The summed E-state index contributed by atoms with van der Waals surface area (Å²) < 4.78 is 27.9. The zero-order chi connectivity index (χ0) is 15.9. The third kappa shape index (κ3) is 2.86. The van der Waals surface area contributed by atoms with Crippen LogP contribution in [0, 0.1) is 0 Å². The molecule has 3 aliphatic rings. The molecule has 0 unspecified atom stereocenters. The molecule has 0 saturated carbocycles. The number of benzene rings is 1. The van der Waals surface area contributed by atoms with Gasteiger partial charge in [-0.05, 0) is 49.4 Å². The fourth-order valence-electron chi connectivity index (χ4n) is 4.12. The van der Waals surface area contributed by atoms with E-state index < -0.39 is 10.0 Å². The molecule has 0 amide bonds. The highest BCUT2D eigenvalue weighted by Crippen LogP contribution is 2.31. The van der Waals surface area contributed by atoms with Gasteiger partial charge >= 0.3 is 0 Å². The predicted molar refractivity (Wildman–Crippen MR) is 92.4 cm³/mol. The van der Waals surface area contributed by atoms with Crippen molar-refractivity contribution in [3.05, 3.63) is 40.3 Å². The minimum Gasteiger partial charge on any atom is -0.298 e. The van der Waals surface area contributed by atoms with Crippen LogP contribution in [0.5, 0.6) is 0 Å². The highest BCUT2D eigenvalue weighted by atomic mass is 32.2. The average Bonchev–Trinajstić information content (AvgIpc) is 2.61. The second-order valence-electron chi connectivity index (χ2n) is 6.86. The van der Waals surface area contributed by atoms with Crippen LogP contribution in [-0.2, 0) is 16.4 Å². The van der Waals surface area contributed by atoms with Crippen molar-refractivity contribution in [1.29, 1.82) is 0 Å². The monoisotopic (exact) mass is 332 g/mol. The van der Waals surface area contributed by atoms with Gasteiger partial charge < -0.3 is 0 Å². The lowest BCUT2D eigenvalue weighted by Gasteiger charge is -2.43. The Morgan fingerprint density at radius 2 is 1.87 bits per heavy atom. The number of hydrogen-bond acceptors (Lipinski definition) is 3. The SMILES string of the molecule is O=S(=O)(C1=Cc2ccccc2CC1)N1CCN2CCCC[C@H]2C1. The van der Waals surface area contributed by atoms with E-state index >= 15 is 0 Å². The molecule has 2 fully saturated rings. The molecule has 0 radical (unpaired) electrons. The van der Waals surface area contributed by atoms with Gasteiger partial charge in [0.25, 0.3) is 0 Å². The molecule has 0 bridgehead atoms. The van der Waals surface area contributed by atoms with Gasteiger partial charge in [-0.3, -0.25) is 4.90 Å². The van der Waals surface area contributed by atoms with E-state index in [0.717, 1.165) is 31.5 Å². The molecule has 0 spiro atoms. The van der Waals surface area contributed by atoms with E-state index in [1.165, 1.54) is 18.4 Å². The fraction of sp³-hybridized carbons (Fsp3) is 0.556. The maximum absolute atomic E-state index is 13.1. The maximum Gasteiger partial charge on any atom is 0.239 e. The molecule has 124 valence electrons. The van der Waals surface area contributed by atoms with Crippen LogP contribution in [0.3, 0.4) is 0 Å². The lowest BCUT2D eigenvalue weighted by molar-refractivity contribution is 0.0855. The van der Waals surface area contributed by atoms with Gasteiger partial charge in [-0.2, -0.15) is 4.31 Å². The quantitative estimate of drug-likeness (QED) is 0.835. The molecule has 1 aromatic rings. The number of piperazine rings is 1. The minimum absolute atomic E-state index is 0.420. The molecule has 23 heavy (non-hydrogen) atoms. The Morgan fingerprint density at radius 1 is 1.00 bits per heavy atom. The van der Waals surface area contributed by atoms with Crippen LogP contribution in [0.15, 0.2) is 29.2 Å². The zero-order valence-corrected chi connectivity index (χ0v) is 14.3. The van der Waals surface area contributed by atoms with Gasteiger partial charge in [-0.1, -0.05) is 30.7 Å². The van der Waals surface area contributed by atoms with E-state index in [1.54, 1.807) is 4.31 Å². The summed E-state index contributed by atoms with van der Waals surface area (Å²) in [5.74, 6) is 0. The first kappa shape index (κ1) is 15.4. The van der Waals surface area contributed by atoms with Crippen molar-refractivity contribution in [3.63, 3.8) is 0 Å².